The van der Waals surface area contributed by atoms with E-state index in [4.69, 9.17) is 4.74 Å². The minimum absolute atomic E-state index is 0.270. The molecule has 2 aromatic rings. The molecule has 5 heteroatoms. The van der Waals surface area contributed by atoms with Crippen molar-refractivity contribution in [3.05, 3.63) is 65.7 Å². The molecule has 0 aromatic heterocycles. The lowest BCUT2D eigenvalue weighted by Gasteiger charge is -2.14. The summed E-state index contributed by atoms with van der Waals surface area (Å²) in [6, 6.07) is 15.5. The summed E-state index contributed by atoms with van der Waals surface area (Å²) in [5, 5.41) is 5.45. The second-order valence-electron chi connectivity index (χ2n) is 5.18. The molecular formula is C18H20N2O3. The van der Waals surface area contributed by atoms with Gasteiger partial charge in [0.25, 0.3) is 5.91 Å². The van der Waals surface area contributed by atoms with Crippen LogP contribution in [0.5, 0.6) is 0 Å². The number of carbonyl (C=O) groups excluding carboxylic acids is 2. The van der Waals surface area contributed by atoms with Crippen LogP contribution >= 0.6 is 0 Å². The van der Waals surface area contributed by atoms with Crippen molar-refractivity contribution in [1.82, 2.24) is 5.32 Å². The van der Waals surface area contributed by atoms with Crippen LogP contribution in [-0.2, 0) is 16.1 Å². The SMILES string of the molecule is COCc1ccc(NC(=O)[C@H](C)NC(=O)c2ccccc2)cc1. The first-order chi connectivity index (χ1) is 11.1. The van der Waals surface area contributed by atoms with Gasteiger partial charge < -0.3 is 15.4 Å². The Morgan fingerprint density at radius 2 is 1.70 bits per heavy atom. The van der Waals surface area contributed by atoms with Crippen molar-refractivity contribution in [2.45, 2.75) is 19.6 Å². The van der Waals surface area contributed by atoms with Gasteiger partial charge >= 0.3 is 0 Å². The van der Waals surface area contributed by atoms with Gasteiger partial charge in [0.2, 0.25) is 5.91 Å². The number of hydrogen-bond donors (Lipinski definition) is 2. The standard InChI is InChI=1S/C18H20N2O3/c1-13(19-18(22)15-6-4-3-5-7-15)17(21)20-16-10-8-14(9-11-16)12-23-2/h3-11,13H,12H2,1-2H3,(H,19,22)(H,20,21)/t13-/m0/s1. The number of rotatable bonds is 6. The molecule has 0 fully saturated rings. The fourth-order valence-electron chi connectivity index (χ4n) is 2.04. The lowest BCUT2D eigenvalue weighted by atomic mass is 10.2. The maximum absolute atomic E-state index is 12.1. The Kier molecular flexibility index (Phi) is 5.88. The molecule has 0 aliphatic heterocycles. The Labute approximate surface area is 135 Å². The highest BCUT2D eigenvalue weighted by atomic mass is 16.5. The fourth-order valence-corrected chi connectivity index (χ4v) is 2.04. The fraction of sp³-hybridized carbons (Fsp3) is 0.222. The maximum atomic E-state index is 12.1. The van der Waals surface area contributed by atoms with Gasteiger partial charge in [-0.05, 0) is 36.8 Å². The molecule has 0 heterocycles. The largest absolute Gasteiger partial charge is 0.380 e. The first-order valence-electron chi connectivity index (χ1n) is 7.35. The number of nitrogens with one attached hydrogen (secondary N) is 2. The number of benzene rings is 2. The number of hydrogen-bond acceptors (Lipinski definition) is 3. The first kappa shape index (κ1) is 16.7. The van der Waals surface area contributed by atoms with Gasteiger partial charge in [-0.3, -0.25) is 9.59 Å². The van der Waals surface area contributed by atoms with Crippen molar-refractivity contribution in [1.29, 1.82) is 0 Å². The van der Waals surface area contributed by atoms with Crippen molar-refractivity contribution in [3.63, 3.8) is 0 Å². The summed E-state index contributed by atoms with van der Waals surface area (Å²) < 4.78 is 5.04. The van der Waals surface area contributed by atoms with Gasteiger partial charge in [-0.15, -0.1) is 0 Å². The molecule has 5 nitrogen and oxygen atoms in total. The highest BCUT2D eigenvalue weighted by Gasteiger charge is 2.16. The van der Waals surface area contributed by atoms with Gasteiger partial charge in [0, 0.05) is 18.4 Å². The lowest BCUT2D eigenvalue weighted by molar-refractivity contribution is -0.117. The van der Waals surface area contributed by atoms with E-state index in [1.165, 1.54) is 0 Å². The first-order valence-corrected chi connectivity index (χ1v) is 7.35. The number of ether oxygens (including phenoxy) is 1. The minimum Gasteiger partial charge on any atom is -0.380 e. The third-order valence-electron chi connectivity index (χ3n) is 3.31. The van der Waals surface area contributed by atoms with Crippen LogP contribution in [0.4, 0.5) is 5.69 Å². The van der Waals surface area contributed by atoms with Gasteiger partial charge in [-0.1, -0.05) is 30.3 Å². The molecule has 120 valence electrons. The molecule has 0 saturated carbocycles. The van der Waals surface area contributed by atoms with E-state index in [9.17, 15) is 9.59 Å². The zero-order valence-electron chi connectivity index (χ0n) is 13.2. The topological polar surface area (TPSA) is 67.4 Å². The molecule has 2 amide bonds. The monoisotopic (exact) mass is 312 g/mol. The molecule has 0 aliphatic carbocycles. The van der Waals surface area contributed by atoms with Gasteiger partial charge in [0.15, 0.2) is 0 Å². The zero-order chi connectivity index (χ0) is 16.7. The van der Waals surface area contributed by atoms with Crippen molar-refractivity contribution in [2.24, 2.45) is 0 Å². The minimum atomic E-state index is -0.638. The highest BCUT2D eigenvalue weighted by molar-refractivity contribution is 6.00. The number of carbonyl (C=O) groups is 2. The van der Waals surface area contributed by atoms with Crippen molar-refractivity contribution >= 4 is 17.5 Å². The van der Waals surface area contributed by atoms with E-state index in [0.717, 1.165) is 5.56 Å². The Bertz CT molecular complexity index is 654. The second kappa shape index (κ2) is 8.10. The van der Waals surface area contributed by atoms with E-state index in [1.807, 2.05) is 18.2 Å². The molecule has 0 radical (unpaired) electrons. The van der Waals surface area contributed by atoms with E-state index in [0.29, 0.717) is 17.9 Å². The van der Waals surface area contributed by atoms with Gasteiger partial charge in [-0.2, -0.15) is 0 Å². The quantitative estimate of drug-likeness (QED) is 0.861. The normalized spacial score (nSPS) is 11.6. The molecule has 0 aliphatic rings. The molecule has 1 atom stereocenters. The van der Waals surface area contributed by atoms with E-state index in [2.05, 4.69) is 10.6 Å². The molecule has 0 saturated heterocycles. The Morgan fingerprint density at radius 1 is 1.04 bits per heavy atom. The summed E-state index contributed by atoms with van der Waals surface area (Å²) in [5.41, 5.74) is 2.22. The van der Waals surface area contributed by atoms with Crippen LogP contribution in [0.3, 0.4) is 0 Å². The summed E-state index contributed by atoms with van der Waals surface area (Å²) in [6.07, 6.45) is 0. The number of amides is 2. The van der Waals surface area contributed by atoms with Crippen molar-refractivity contribution in [2.75, 3.05) is 12.4 Å². The average molecular weight is 312 g/mol. The molecule has 0 unspecified atom stereocenters. The summed E-state index contributed by atoms with van der Waals surface area (Å²) >= 11 is 0. The summed E-state index contributed by atoms with van der Waals surface area (Å²) in [5.74, 6) is -0.544. The van der Waals surface area contributed by atoms with Gasteiger partial charge in [0.1, 0.15) is 6.04 Å². The molecule has 2 rings (SSSR count). The summed E-state index contributed by atoms with van der Waals surface area (Å²) in [4.78, 5) is 24.2. The van der Waals surface area contributed by atoms with Crippen LogP contribution in [0, 0.1) is 0 Å². The van der Waals surface area contributed by atoms with E-state index < -0.39 is 6.04 Å². The molecule has 0 bridgehead atoms. The molecule has 2 N–H and O–H groups in total. The highest BCUT2D eigenvalue weighted by Crippen LogP contribution is 2.10. The molecule has 2 aromatic carbocycles. The van der Waals surface area contributed by atoms with Crippen LogP contribution in [0.1, 0.15) is 22.8 Å². The number of methoxy groups -OCH3 is 1. The van der Waals surface area contributed by atoms with Gasteiger partial charge in [-0.25, -0.2) is 0 Å². The maximum Gasteiger partial charge on any atom is 0.251 e. The van der Waals surface area contributed by atoms with Crippen molar-refractivity contribution in [3.8, 4) is 0 Å². The molecule has 0 spiro atoms. The predicted octanol–water partition coefficient (Wildman–Crippen LogP) is 2.59. The third-order valence-corrected chi connectivity index (χ3v) is 3.31. The third kappa shape index (κ3) is 4.93. The lowest BCUT2D eigenvalue weighted by Crippen LogP contribution is -2.41. The van der Waals surface area contributed by atoms with Gasteiger partial charge in [0.05, 0.1) is 6.61 Å². The van der Waals surface area contributed by atoms with Crippen LogP contribution in [-0.4, -0.2) is 25.0 Å². The Hall–Kier alpha value is -2.66. The van der Waals surface area contributed by atoms with E-state index in [-0.39, 0.29) is 11.8 Å². The Balaban J connectivity index is 1.90. The smallest absolute Gasteiger partial charge is 0.251 e. The summed E-state index contributed by atoms with van der Waals surface area (Å²) in [6.45, 7) is 2.17. The van der Waals surface area contributed by atoms with Crippen LogP contribution in [0.25, 0.3) is 0 Å². The zero-order valence-corrected chi connectivity index (χ0v) is 13.2. The second-order valence-corrected chi connectivity index (χ2v) is 5.18. The molecular weight excluding hydrogens is 292 g/mol. The van der Waals surface area contributed by atoms with E-state index >= 15 is 0 Å². The average Bonchev–Trinajstić information content (AvgIpc) is 2.57. The van der Waals surface area contributed by atoms with Crippen molar-refractivity contribution < 1.29 is 14.3 Å². The van der Waals surface area contributed by atoms with E-state index in [1.54, 1.807) is 50.4 Å². The van der Waals surface area contributed by atoms with Crippen LogP contribution < -0.4 is 10.6 Å². The summed E-state index contributed by atoms with van der Waals surface area (Å²) in [7, 11) is 1.63. The van der Waals surface area contributed by atoms with Crippen LogP contribution in [0.2, 0.25) is 0 Å². The Morgan fingerprint density at radius 3 is 2.30 bits per heavy atom. The number of anilines is 1. The molecule has 23 heavy (non-hydrogen) atoms. The predicted molar refractivity (Wildman–Crippen MR) is 89.2 cm³/mol. The van der Waals surface area contributed by atoms with Crippen LogP contribution in [0.15, 0.2) is 54.6 Å².